The van der Waals surface area contributed by atoms with E-state index >= 15 is 0 Å². The van der Waals surface area contributed by atoms with E-state index < -0.39 is 11.5 Å². The number of benzene rings is 1. The maximum absolute atomic E-state index is 10.9. The number of carboxylic acid groups (broad SMARTS) is 1. The van der Waals surface area contributed by atoms with Gasteiger partial charge in [-0.05, 0) is 5.56 Å². The number of carbonyl (C=O) groups is 1. The SMILES string of the molecule is C=C[C@](N)(Cc1ccccc1)C(=O)O. The third-order valence-corrected chi connectivity index (χ3v) is 2.10. The molecule has 0 aromatic heterocycles. The summed E-state index contributed by atoms with van der Waals surface area (Å²) in [5, 5.41) is 8.90. The molecule has 0 saturated carbocycles. The molecule has 0 aliphatic rings. The molecule has 0 amide bonds. The Balaban J connectivity index is 2.86. The number of aliphatic carboxylic acids is 1. The third kappa shape index (κ3) is 2.20. The Morgan fingerprint density at radius 1 is 1.50 bits per heavy atom. The Hall–Kier alpha value is -1.61. The van der Waals surface area contributed by atoms with E-state index in [0.717, 1.165) is 5.56 Å². The molecule has 0 saturated heterocycles. The van der Waals surface area contributed by atoms with Crippen molar-refractivity contribution >= 4 is 5.97 Å². The molecule has 0 unspecified atom stereocenters. The summed E-state index contributed by atoms with van der Waals surface area (Å²) in [4.78, 5) is 10.9. The zero-order valence-corrected chi connectivity index (χ0v) is 7.81. The predicted molar refractivity (Wildman–Crippen MR) is 54.9 cm³/mol. The van der Waals surface area contributed by atoms with Crippen LogP contribution in [0.25, 0.3) is 0 Å². The molecule has 0 bridgehead atoms. The first-order valence-corrected chi connectivity index (χ1v) is 4.28. The summed E-state index contributed by atoms with van der Waals surface area (Å²) in [6.07, 6.45) is 1.52. The summed E-state index contributed by atoms with van der Waals surface area (Å²) in [6, 6.07) is 9.25. The molecular formula is C11H13NO2. The molecule has 0 spiro atoms. The smallest absolute Gasteiger partial charge is 0.328 e. The average molecular weight is 191 g/mol. The third-order valence-electron chi connectivity index (χ3n) is 2.10. The van der Waals surface area contributed by atoms with Gasteiger partial charge in [0.25, 0.3) is 0 Å². The van der Waals surface area contributed by atoms with Crippen LogP contribution in [0, 0.1) is 0 Å². The van der Waals surface area contributed by atoms with Crippen LogP contribution in [0.1, 0.15) is 5.56 Å². The fourth-order valence-electron chi connectivity index (χ4n) is 1.17. The maximum Gasteiger partial charge on any atom is 0.328 e. The van der Waals surface area contributed by atoms with Crippen molar-refractivity contribution in [2.24, 2.45) is 5.73 Å². The van der Waals surface area contributed by atoms with Crippen molar-refractivity contribution in [1.29, 1.82) is 0 Å². The van der Waals surface area contributed by atoms with Crippen molar-refractivity contribution in [3.05, 3.63) is 48.6 Å². The first kappa shape index (κ1) is 10.5. The first-order valence-electron chi connectivity index (χ1n) is 4.28. The molecule has 0 heterocycles. The van der Waals surface area contributed by atoms with Crippen LogP contribution in [0.2, 0.25) is 0 Å². The van der Waals surface area contributed by atoms with Crippen molar-refractivity contribution in [3.8, 4) is 0 Å². The summed E-state index contributed by atoms with van der Waals surface area (Å²) < 4.78 is 0. The monoisotopic (exact) mass is 191 g/mol. The molecule has 1 aromatic rings. The van der Waals surface area contributed by atoms with Crippen molar-refractivity contribution in [2.75, 3.05) is 0 Å². The van der Waals surface area contributed by atoms with Crippen LogP contribution in [-0.2, 0) is 11.2 Å². The van der Waals surface area contributed by atoms with E-state index in [2.05, 4.69) is 6.58 Å². The molecule has 3 heteroatoms. The topological polar surface area (TPSA) is 63.3 Å². The van der Waals surface area contributed by atoms with Gasteiger partial charge in [0.05, 0.1) is 0 Å². The number of carboxylic acids is 1. The van der Waals surface area contributed by atoms with Gasteiger partial charge in [-0.3, -0.25) is 0 Å². The minimum Gasteiger partial charge on any atom is -0.480 e. The van der Waals surface area contributed by atoms with Gasteiger partial charge in [0, 0.05) is 6.42 Å². The molecule has 0 aliphatic carbocycles. The normalized spacial score (nSPS) is 14.4. The van der Waals surface area contributed by atoms with Gasteiger partial charge in [0.2, 0.25) is 0 Å². The molecule has 0 radical (unpaired) electrons. The molecule has 1 aromatic carbocycles. The molecule has 1 rings (SSSR count). The van der Waals surface area contributed by atoms with Crippen molar-refractivity contribution in [3.63, 3.8) is 0 Å². The van der Waals surface area contributed by atoms with Gasteiger partial charge in [-0.25, -0.2) is 4.79 Å². The Labute approximate surface area is 82.9 Å². The molecule has 74 valence electrons. The molecule has 3 nitrogen and oxygen atoms in total. The average Bonchev–Trinajstić information content (AvgIpc) is 2.19. The number of nitrogens with two attached hydrogens (primary N) is 1. The summed E-state index contributed by atoms with van der Waals surface area (Å²) in [7, 11) is 0. The van der Waals surface area contributed by atoms with E-state index in [1.54, 1.807) is 0 Å². The van der Waals surface area contributed by atoms with Crippen molar-refractivity contribution in [1.82, 2.24) is 0 Å². The Bertz CT molecular complexity index is 334. The van der Waals surface area contributed by atoms with E-state index in [4.69, 9.17) is 10.8 Å². The fraction of sp³-hybridized carbons (Fsp3) is 0.182. The van der Waals surface area contributed by atoms with Crippen molar-refractivity contribution < 1.29 is 9.90 Å². The molecule has 3 N–H and O–H groups in total. The predicted octanol–water partition coefficient (Wildman–Crippen LogP) is 1.20. The summed E-state index contributed by atoms with van der Waals surface area (Å²) in [5.41, 5.74) is 5.17. The molecular weight excluding hydrogens is 178 g/mol. The highest BCUT2D eigenvalue weighted by atomic mass is 16.4. The second-order valence-corrected chi connectivity index (χ2v) is 3.21. The quantitative estimate of drug-likeness (QED) is 0.703. The number of hydrogen-bond acceptors (Lipinski definition) is 2. The van der Waals surface area contributed by atoms with Gasteiger partial charge in [0.15, 0.2) is 0 Å². The van der Waals surface area contributed by atoms with Crippen LogP contribution in [0.4, 0.5) is 0 Å². The zero-order chi connectivity index (χ0) is 10.6. The van der Waals surface area contributed by atoms with E-state index in [9.17, 15) is 4.79 Å². The highest BCUT2D eigenvalue weighted by molar-refractivity contribution is 5.81. The lowest BCUT2D eigenvalue weighted by Gasteiger charge is -2.19. The highest BCUT2D eigenvalue weighted by Crippen LogP contribution is 2.12. The standard InChI is InChI=1S/C11H13NO2/c1-2-11(12,10(13)14)8-9-6-4-3-5-7-9/h2-7H,1,8,12H2,(H,13,14)/t11-/m0/s1. The van der Waals surface area contributed by atoms with E-state index in [-0.39, 0.29) is 6.42 Å². The molecule has 0 fully saturated rings. The van der Waals surface area contributed by atoms with Crippen LogP contribution < -0.4 is 5.73 Å². The van der Waals surface area contributed by atoms with Crippen LogP contribution in [0.5, 0.6) is 0 Å². The largest absolute Gasteiger partial charge is 0.480 e. The van der Waals surface area contributed by atoms with Gasteiger partial charge >= 0.3 is 5.97 Å². The zero-order valence-electron chi connectivity index (χ0n) is 7.81. The Morgan fingerprint density at radius 3 is 2.50 bits per heavy atom. The lowest BCUT2D eigenvalue weighted by Crippen LogP contribution is -2.47. The van der Waals surface area contributed by atoms with Crippen LogP contribution >= 0.6 is 0 Å². The first-order chi connectivity index (χ1) is 6.58. The van der Waals surface area contributed by atoms with Gasteiger partial charge in [-0.1, -0.05) is 36.4 Å². The molecule has 1 atom stereocenters. The Kier molecular flexibility index (Phi) is 3.04. The maximum atomic E-state index is 10.9. The molecule has 0 aliphatic heterocycles. The highest BCUT2D eigenvalue weighted by Gasteiger charge is 2.30. The van der Waals surface area contributed by atoms with Crippen LogP contribution in [0.3, 0.4) is 0 Å². The van der Waals surface area contributed by atoms with Crippen LogP contribution in [0.15, 0.2) is 43.0 Å². The minimum absolute atomic E-state index is 0.257. The minimum atomic E-state index is -1.37. The van der Waals surface area contributed by atoms with E-state index in [1.165, 1.54) is 6.08 Å². The van der Waals surface area contributed by atoms with E-state index in [1.807, 2.05) is 30.3 Å². The summed E-state index contributed by atoms with van der Waals surface area (Å²) in [6.45, 7) is 3.44. The van der Waals surface area contributed by atoms with Crippen molar-refractivity contribution in [2.45, 2.75) is 12.0 Å². The van der Waals surface area contributed by atoms with E-state index in [0.29, 0.717) is 0 Å². The van der Waals surface area contributed by atoms with Gasteiger partial charge < -0.3 is 10.8 Å². The Morgan fingerprint density at radius 2 is 2.07 bits per heavy atom. The number of hydrogen-bond donors (Lipinski definition) is 2. The molecule has 14 heavy (non-hydrogen) atoms. The number of rotatable bonds is 4. The fourth-order valence-corrected chi connectivity index (χ4v) is 1.17. The van der Waals surface area contributed by atoms with Gasteiger partial charge in [-0.2, -0.15) is 0 Å². The van der Waals surface area contributed by atoms with Crippen LogP contribution in [-0.4, -0.2) is 16.6 Å². The summed E-state index contributed by atoms with van der Waals surface area (Å²) in [5.74, 6) is -1.06. The summed E-state index contributed by atoms with van der Waals surface area (Å²) >= 11 is 0. The second-order valence-electron chi connectivity index (χ2n) is 3.21. The second kappa shape index (κ2) is 4.07. The lowest BCUT2D eigenvalue weighted by atomic mass is 9.92. The lowest BCUT2D eigenvalue weighted by molar-refractivity contribution is -0.141. The van der Waals surface area contributed by atoms with Gasteiger partial charge in [0.1, 0.15) is 5.54 Å². The van der Waals surface area contributed by atoms with Gasteiger partial charge in [-0.15, -0.1) is 6.58 Å².